The number of anilines is 1. The van der Waals surface area contributed by atoms with E-state index < -0.39 is 11.0 Å². The fourth-order valence-electron chi connectivity index (χ4n) is 1.41. The van der Waals surface area contributed by atoms with Crippen LogP contribution < -0.4 is 10.6 Å². The van der Waals surface area contributed by atoms with Crippen LogP contribution >= 0.6 is 0 Å². The predicted molar refractivity (Wildman–Crippen MR) is 66.6 cm³/mol. The lowest BCUT2D eigenvalue weighted by Crippen LogP contribution is -2.38. The fraction of sp³-hybridized carbons (Fsp3) is 0.364. The van der Waals surface area contributed by atoms with Crippen LogP contribution in [0.5, 0.6) is 0 Å². The molecule has 7 heteroatoms. The number of para-hydroxylation sites is 2. The number of nitrogens with one attached hydrogen (secondary N) is 2. The van der Waals surface area contributed by atoms with Crippen molar-refractivity contribution in [2.75, 3.05) is 19.0 Å². The maximum atomic E-state index is 11.6. The maximum Gasteiger partial charge on any atom is 0.319 e. The Morgan fingerprint density at radius 2 is 2.17 bits per heavy atom. The number of hydrogen-bond acceptors (Lipinski definition) is 4. The van der Waals surface area contributed by atoms with E-state index in [2.05, 4.69) is 10.6 Å². The minimum Gasteiger partial charge on any atom is -0.383 e. The van der Waals surface area contributed by atoms with Crippen molar-refractivity contribution in [1.29, 1.82) is 0 Å². The summed E-state index contributed by atoms with van der Waals surface area (Å²) in [7, 11) is 1.53. The van der Waals surface area contributed by atoms with Crippen molar-refractivity contribution in [3.05, 3.63) is 34.4 Å². The van der Waals surface area contributed by atoms with Crippen LogP contribution in [0.25, 0.3) is 0 Å². The summed E-state index contributed by atoms with van der Waals surface area (Å²) in [6.45, 7) is 2.13. The van der Waals surface area contributed by atoms with E-state index in [4.69, 9.17) is 4.74 Å². The number of benzene rings is 1. The molecule has 2 amide bonds. The Morgan fingerprint density at radius 3 is 2.78 bits per heavy atom. The Bertz CT molecular complexity index is 436. The van der Waals surface area contributed by atoms with Gasteiger partial charge in [0.2, 0.25) is 0 Å². The number of urea groups is 1. The third kappa shape index (κ3) is 4.02. The van der Waals surface area contributed by atoms with E-state index in [-0.39, 0.29) is 17.4 Å². The number of methoxy groups -OCH3 is 1. The van der Waals surface area contributed by atoms with Crippen LogP contribution in [0.3, 0.4) is 0 Å². The number of amides is 2. The highest BCUT2D eigenvalue weighted by atomic mass is 16.6. The highest BCUT2D eigenvalue weighted by Crippen LogP contribution is 2.22. The lowest BCUT2D eigenvalue weighted by molar-refractivity contribution is -0.383. The molecule has 7 nitrogen and oxygen atoms in total. The molecule has 1 atom stereocenters. The molecule has 0 aromatic heterocycles. The molecule has 1 aromatic rings. The molecular formula is C11H15N3O4. The van der Waals surface area contributed by atoms with E-state index in [0.29, 0.717) is 6.61 Å². The van der Waals surface area contributed by atoms with Crippen LogP contribution in [-0.2, 0) is 4.74 Å². The molecule has 1 rings (SSSR count). The largest absolute Gasteiger partial charge is 0.383 e. The highest BCUT2D eigenvalue weighted by molar-refractivity contribution is 5.91. The van der Waals surface area contributed by atoms with Crippen molar-refractivity contribution in [2.24, 2.45) is 0 Å². The van der Waals surface area contributed by atoms with Gasteiger partial charge in [-0.1, -0.05) is 12.1 Å². The number of hydrogen-bond donors (Lipinski definition) is 2. The van der Waals surface area contributed by atoms with Crippen molar-refractivity contribution in [1.82, 2.24) is 5.32 Å². The van der Waals surface area contributed by atoms with Crippen molar-refractivity contribution in [3.8, 4) is 0 Å². The molecule has 0 bridgehead atoms. The molecule has 0 fully saturated rings. The summed E-state index contributed by atoms with van der Waals surface area (Å²) in [5.41, 5.74) is 0.0108. The SMILES string of the molecule is COCC(C)NC(=O)Nc1ccccc1[N+](=O)[O-]. The molecule has 0 heterocycles. The number of nitrogens with zero attached hydrogens (tertiary/aromatic N) is 1. The molecule has 0 aliphatic rings. The molecular weight excluding hydrogens is 238 g/mol. The van der Waals surface area contributed by atoms with Gasteiger partial charge in [0.25, 0.3) is 5.69 Å². The molecule has 0 aliphatic heterocycles. The molecule has 0 aliphatic carbocycles. The van der Waals surface area contributed by atoms with Gasteiger partial charge in [0.15, 0.2) is 0 Å². The van der Waals surface area contributed by atoms with Crippen LogP contribution in [0, 0.1) is 10.1 Å². The number of carbonyl (C=O) groups is 1. The van der Waals surface area contributed by atoms with Gasteiger partial charge in [0.1, 0.15) is 5.69 Å². The Balaban J connectivity index is 2.67. The van der Waals surface area contributed by atoms with Crippen LogP contribution in [0.15, 0.2) is 24.3 Å². The molecule has 0 saturated heterocycles. The monoisotopic (exact) mass is 253 g/mol. The lowest BCUT2D eigenvalue weighted by atomic mass is 10.2. The van der Waals surface area contributed by atoms with E-state index in [0.717, 1.165) is 0 Å². The number of nitro benzene ring substituents is 1. The first-order valence-electron chi connectivity index (χ1n) is 5.34. The second-order valence-electron chi connectivity index (χ2n) is 3.73. The van der Waals surface area contributed by atoms with Gasteiger partial charge in [-0.2, -0.15) is 0 Å². The second kappa shape index (κ2) is 6.55. The van der Waals surface area contributed by atoms with Gasteiger partial charge in [-0.05, 0) is 13.0 Å². The molecule has 98 valence electrons. The third-order valence-electron chi connectivity index (χ3n) is 2.14. The molecule has 1 unspecified atom stereocenters. The highest BCUT2D eigenvalue weighted by Gasteiger charge is 2.15. The molecule has 1 aromatic carbocycles. The standard InChI is InChI=1S/C11H15N3O4/c1-8(7-18-2)12-11(15)13-9-5-3-4-6-10(9)14(16)17/h3-6,8H,7H2,1-2H3,(H2,12,13,15). The molecule has 2 N–H and O–H groups in total. The van der Waals surface area contributed by atoms with Gasteiger partial charge in [0.05, 0.1) is 17.6 Å². The van der Waals surface area contributed by atoms with Crippen LogP contribution in [0.4, 0.5) is 16.2 Å². The van der Waals surface area contributed by atoms with Crippen LogP contribution in [0.2, 0.25) is 0 Å². The Labute approximate surface area is 104 Å². The van der Waals surface area contributed by atoms with Gasteiger partial charge >= 0.3 is 6.03 Å². The summed E-state index contributed by atoms with van der Waals surface area (Å²) in [6.07, 6.45) is 0. The van der Waals surface area contributed by atoms with Gasteiger partial charge in [-0.15, -0.1) is 0 Å². The zero-order valence-electron chi connectivity index (χ0n) is 10.2. The number of nitro groups is 1. The fourth-order valence-corrected chi connectivity index (χ4v) is 1.41. The Kier molecular flexibility index (Phi) is 5.06. The van der Waals surface area contributed by atoms with Crippen molar-refractivity contribution < 1.29 is 14.5 Å². The Hall–Kier alpha value is -2.15. The number of carbonyl (C=O) groups excluding carboxylic acids is 1. The summed E-state index contributed by atoms with van der Waals surface area (Å²) in [5.74, 6) is 0. The topological polar surface area (TPSA) is 93.5 Å². The van der Waals surface area contributed by atoms with Gasteiger partial charge in [-0.25, -0.2) is 4.79 Å². The van der Waals surface area contributed by atoms with E-state index in [1.807, 2.05) is 0 Å². The van der Waals surface area contributed by atoms with Crippen molar-refractivity contribution in [2.45, 2.75) is 13.0 Å². The average Bonchev–Trinajstić information content (AvgIpc) is 2.29. The lowest BCUT2D eigenvalue weighted by Gasteiger charge is -2.13. The van der Waals surface area contributed by atoms with E-state index in [9.17, 15) is 14.9 Å². The number of ether oxygens (including phenoxy) is 1. The van der Waals surface area contributed by atoms with Crippen LogP contribution in [0.1, 0.15) is 6.92 Å². The minimum atomic E-state index is -0.547. The van der Waals surface area contributed by atoms with E-state index in [1.165, 1.54) is 25.3 Å². The molecule has 0 saturated carbocycles. The Morgan fingerprint density at radius 1 is 1.50 bits per heavy atom. The van der Waals surface area contributed by atoms with E-state index in [1.54, 1.807) is 13.0 Å². The van der Waals surface area contributed by atoms with Crippen molar-refractivity contribution in [3.63, 3.8) is 0 Å². The summed E-state index contributed by atoms with van der Waals surface area (Å²) in [4.78, 5) is 21.8. The first-order valence-corrected chi connectivity index (χ1v) is 5.34. The van der Waals surface area contributed by atoms with Gasteiger partial charge < -0.3 is 15.4 Å². The first kappa shape index (κ1) is 13.9. The summed E-state index contributed by atoms with van der Waals surface area (Å²) < 4.78 is 4.87. The quantitative estimate of drug-likeness (QED) is 0.617. The third-order valence-corrected chi connectivity index (χ3v) is 2.14. The summed E-state index contributed by atoms with van der Waals surface area (Å²) in [6, 6.07) is 5.26. The van der Waals surface area contributed by atoms with Gasteiger partial charge in [0, 0.05) is 13.2 Å². The summed E-state index contributed by atoms with van der Waals surface area (Å²) in [5, 5.41) is 15.8. The minimum absolute atomic E-state index is 0.146. The van der Waals surface area contributed by atoms with Crippen LogP contribution in [-0.4, -0.2) is 30.7 Å². The number of rotatable bonds is 5. The molecule has 18 heavy (non-hydrogen) atoms. The normalized spacial score (nSPS) is 11.7. The average molecular weight is 253 g/mol. The van der Waals surface area contributed by atoms with Crippen molar-refractivity contribution >= 4 is 17.4 Å². The smallest absolute Gasteiger partial charge is 0.319 e. The predicted octanol–water partition coefficient (Wildman–Crippen LogP) is 1.75. The second-order valence-corrected chi connectivity index (χ2v) is 3.73. The zero-order valence-corrected chi connectivity index (χ0v) is 10.2. The molecule has 0 radical (unpaired) electrons. The maximum absolute atomic E-state index is 11.6. The summed E-state index contributed by atoms with van der Waals surface area (Å²) >= 11 is 0. The zero-order chi connectivity index (χ0) is 13.5. The van der Waals surface area contributed by atoms with Gasteiger partial charge in [-0.3, -0.25) is 10.1 Å². The first-order chi connectivity index (χ1) is 8.54. The van der Waals surface area contributed by atoms with E-state index >= 15 is 0 Å². The molecule has 0 spiro atoms.